The Bertz CT molecular complexity index is 587. The molecule has 2 heterocycles. The third-order valence-corrected chi connectivity index (χ3v) is 2.67. The summed E-state index contributed by atoms with van der Waals surface area (Å²) in [5.74, 6) is 1.40. The minimum atomic E-state index is 0.320. The molecule has 6 heteroatoms. The summed E-state index contributed by atoms with van der Waals surface area (Å²) in [7, 11) is 0. The SMILES string of the molecule is Cc1ccc(NCCCNc2nccnc2C#N)nc1. The van der Waals surface area contributed by atoms with Gasteiger partial charge in [0, 0.05) is 31.7 Å². The normalized spacial score (nSPS) is 9.80. The summed E-state index contributed by atoms with van der Waals surface area (Å²) in [6, 6.07) is 5.98. The summed E-state index contributed by atoms with van der Waals surface area (Å²) in [5.41, 5.74) is 1.46. The number of nitrogens with zero attached hydrogens (tertiary/aromatic N) is 4. The van der Waals surface area contributed by atoms with Crippen molar-refractivity contribution in [2.75, 3.05) is 23.7 Å². The van der Waals surface area contributed by atoms with Gasteiger partial charge in [-0.2, -0.15) is 5.26 Å². The zero-order valence-electron chi connectivity index (χ0n) is 11.3. The third-order valence-electron chi connectivity index (χ3n) is 2.67. The molecule has 0 bridgehead atoms. The number of aromatic nitrogens is 3. The van der Waals surface area contributed by atoms with Crippen LogP contribution in [0.2, 0.25) is 0 Å². The first-order valence-corrected chi connectivity index (χ1v) is 6.41. The zero-order chi connectivity index (χ0) is 14.2. The van der Waals surface area contributed by atoms with Crippen LogP contribution in [-0.2, 0) is 0 Å². The van der Waals surface area contributed by atoms with Crippen molar-refractivity contribution in [1.29, 1.82) is 5.26 Å². The molecule has 20 heavy (non-hydrogen) atoms. The lowest BCUT2D eigenvalue weighted by Crippen LogP contribution is -2.11. The molecule has 0 fully saturated rings. The maximum Gasteiger partial charge on any atom is 0.182 e. The Morgan fingerprint density at radius 3 is 2.65 bits per heavy atom. The van der Waals surface area contributed by atoms with Crippen LogP contribution in [0.15, 0.2) is 30.7 Å². The van der Waals surface area contributed by atoms with Crippen molar-refractivity contribution < 1.29 is 0 Å². The standard InChI is InChI=1S/C14H16N6/c1-11-3-4-13(20-10-11)17-5-2-6-18-14-12(9-15)16-7-8-19-14/h3-4,7-8,10H,2,5-6H2,1H3,(H,17,20)(H,18,19). The lowest BCUT2D eigenvalue weighted by Gasteiger charge is -2.07. The van der Waals surface area contributed by atoms with Crippen LogP contribution in [0.1, 0.15) is 17.7 Å². The monoisotopic (exact) mass is 268 g/mol. The van der Waals surface area contributed by atoms with Gasteiger partial charge in [-0.1, -0.05) is 6.07 Å². The highest BCUT2D eigenvalue weighted by atomic mass is 15.0. The largest absolute Gasteiger partial charge is 0.370 e. The smallest absolute Gasteiger partial charge is 0.182 e. The molecule has 0 amide bonds. The number of pyridine rings is 1. The molecule has 2 rings (SSSR count). The molecule has 102 valence electrons. The second-order valence-corrected chi connectivity index (χ2v) is 4.29. The van der Waals surface area contributed by atoms with Crippen molar-refractivity contribution in [3.05, 3.63) is 42.0 Å². The van der Waals surface area contributed by atoms with E-state index in [9.17, 15) is 0 Å². The fourth-order valence-corrected chi connectivity index (χ4v) is 1.63. The average Bonchev–Trinajstić information content (AvgIpc) is 2.49. The molecule has 0 spiro atoms. The second kappa shape index (κ2) is 7.04. The molecule has 0 aliphatic heterocycles. The minimum Gasteiger partial charge on any atom is -0.370 e. The lowest BCUT2D eigenvalue weighted by atomic mass is 10.3. The van der Waals surface area contributed by atoms with Gasteiger partial charge in [0.1, 0.15) is 11.9 Å². The van der Waals surface area contributed by atoms with Gasteiger partial charge in [0.15, 0.2) is 11.5 Å². The van der Waals surface area contributed by atoms with Crippen LogP contribution in [0.3, 0.4) is 0 Å². The van der Waals surface area contributed by atoms with E-state index >= 15 is 0 Å². The Kier molecular flexibility index (Phi) is 4.84. The van der Waals surface area contributed by atoms with E-state index in [0.717, 1.165) is 24.3 Å². The highest BCUT2D eigenvalue weighted by Gasteiger charge is 2.02. The molecule has 2 N–H and O–H groups in total. The number of nitriles is 1. The van der Waals surface area contributed by atoms with Crippen molar-refractivity contribution in [2.24, 2.45) is 0 Å². The third kappa shape index (κ3) is 3.92. The number of anilines is 2. The predicted octanol–water partition coefficient (Wildman–Crippen LogP) is 1.97. The molecular formula is C14H16N6. The highest BCUT2D eigenvalue weighted by Crippen LogP contribution is 2.06. The maximum absolute atomic E-state index is 8.88. The van der Waals surface area contributed by atoms with E-state index in [4.69, 9.17) is 5.26 Å². The number of rotatable bonds is 6. The summed E-state index contributed by atoms with van der Waals surface area (Å²) < 4.78 is 0. The molecule has 0 aliphatic carbocycles. The van der Waals surface area contributed by atoms with Gasteiger partial charge < -0.3 is 10.6 Å². The first kappa shape index (κ1) is 13.7. The van der Waals surface area contributed by atoms with Crippen LogP contribution in [0.4, 0.5) is 11.6 Å². The molecule has 0 aliphatic rings. The van der Waals surface area contributed by atoms with E-state index in [1.807, 2.05) is 31.3 Å². The highest BCUT2D eigenvalue weighted by molar-refractivity contribution is 5.46. The van der Waals surface area contributed by atoms with Crippen LogP contribution >= 0.6 is 0 Å². The van der Waals surface area contributed by atoms with Gasteiger partial charge in [-0.25, -0.2) is 15.0 Å². The maximum atomic E-state index is 8.88. The van der Waals surface area contributed by atoms with Crippen molar-refractivity contribution in [2.45, 2.75) is 13.3 Å². The first-order valence-electron chi connectivity index (χ1n) is 6.41. The van der Waals surface area contributed by atoms with E-state index in [0.29, 0.717) is 18.1 Å². The second-order valence-electron chi connectivity index (χ2n) is 4.29. The molecule has 0 unspecified atom stereocenters. The van der Waals surface area contributed by atoms with Crippen molar-refractivity contribution in [3.63, 3.8) is 0 Å². The summed E-state index contributed by atoms with van der Waals surface area (Å²) in [6.45, 7) is 3.52. The molecule has 2 aromatic heterocycles. The van der Waals surface area contributed by atoms with E-state index < -0.39 is 0 Å². The average molecular weight is 268 g/mol. The molecule has 2 aromatic rings. The van der Waals surface area contributed by atoms with Gasteiger partial charge in [0.05, 0.1) is 0 Å². The van der Waals surface area contributed by atoms with Gasteiger partial charge in [-0.05, 0) is 25.0 Å². The summed E-state index contributed by atoms with van der Waals surface area (Å²) in [4.78, 5) is 12.3. The quantitative estimate of drug-likeness (QED) is 0.779. The van der Waals surface area contributed by atoms with Crippen LogP contribution in [0.25, 0.3) is 0 Å². The van der Waals surface area contributed by atoms with Gasteiger partial charge in [-0.3, -0.25) is 0 Å². The summed E-state index contributed by atoms with van der Waals surface area (Å²) in [5, 5.41) is 15.2. The van der Waals surface area contributed by atoms with Crippen LogP contribution < -0.4 is 10.6 Å². The minimum absolute atomic E-state index is 0.320. The Balaban J connectivity index is 1.72. The molecule has 0 aromatic carbocycles. The fraction of sp³-hybridized carbons (Fsp3) is 0.286. The predicted molar refractivity (Wildman–Crippen MR) is 77.3 cm³/mol. The zero-order valence-corrected chi connectivity index (χ0v) is 11.3. The molecule has 0 atom stereocenters. The van der Waals surface area contributed by atoms with E-state index in [2.05, 4.69) is 25.6 Å². The van der Waals surface area contributed by atoms with Crippen LogP contribution in [0, 0.1) is 18.3 Å². The summed E-state index contributed by atoms with van der Waals surface area (Å²) in [6.07, 6.45) is 5.79. The topological polar surface area (TPSA) is 86.5 Å². The lowest BCUT2D eigenvalue weighted by molar-refractivity contribution is 0.895. The van der Waals surface area contributed by atoms with Gasteiger partial charge >= 0.3 is 0 Å². The first-order chi connectivity index (χ1) is 9.79. The van der Waals surface area contributed by atoms with Crippen LogP contribution in [-0.4, -0.2) is 28.0 Å². The number of hydrogen-bond acceptors (Lipinski definition) is 6. The summed E-state index contributed by atoms with van der Waals surface area (Å²) >= 11 is 0. The van der Waals surface area contributed by atoms with Gasteiger partial charge in [-0.15, -0.1) is 0 Å². The Hall–Kier alpha value is -2.68. The molecule has 0 saturated heterocycles. The molecule has 6 nitrogen and oxygen atoms in total. The number of nitrogens with one attached hydrogen (secondary N) is 2. The van der Waals surface area contributed by atoms with E-state index in [-0.39, 0.29) is 0 Å². The van der Waals surface area contributed by atoms with Gasteiger partial charge in [0.25, 0.3) is 0 Å². The Morgan fingerprint density at radius 1 is 1.10 bits per heavy atom. The number of aryl methyl sites for hydroxylation is 1. The van der Waals surface area contributed by atoms with Crippen molar-refractivity contribution in [3.8, 4) is 6.07 Å². The Labute approximate surface area is 117 Å². The Morgan fingerprint density at radius 2 is 1.90 bits per heavy atom. The van der Waals surface area contributed by atoms with Crippen LogP contribution in [0.5, 0.6) is 0 Å². The van der Waals surface area contributed by atoms with E-state index in [1.165, 1.54) is 6.20 Å². The molecular weight excluding hydrogens is 252 g/mol. The molecule has 0 saturated carbocycles. The number of hydrogen-bond donors (Lipinski definition) is 2. The van der Waals surface area contributed by atoms with Crippen molar-refractivity contribution >= 4 is 11.6 Å². The van der Waals surface area contributed by atoms with E-state index in [1.54, 1.807) is 6.20 Å². The fourth-order valence-electron chi connectivity index (χ4n) is 1.63. The molecule has 0 radical (unpaired) electrons. The van der Waals surface area contributed by atoms with Crippen molar-refractivity contribution in [1.82, 2.24) is 15.0 Å². The van der Waals surface area contributed by atoms with Gasteiger partial charge in [0.2, 0.25) is 0 Å².